The molecule has 3 amide bonds. The van der Waals surface area contributed by atoms with Crippen LogP contribution in [0.5, 0.6) is 0 Å². The van der Waals surface area contributed by atoms with Crippen molar-refractivity contribution in [3.8, 4) is 0 Å². The Kier molecular flexibility index (Phi) is 10.7. The molecule has 0 bridgehead atoms. The Bertz CT molecular complexity index is 1090. The number of nitrogens with one attached hydrogen (secondary N) is 2. The van der Waals surface area contributed by atoms with Crippen LogP contribution in [0.1, 0.15) is 69.4 Å². The van der Waals surface area contributed by atoms with E-state index < -0.39 is 42.2 Å². The predicted molar refractivity (Wildman–Crippen MR) is 148 cm³/mol. The summed E-state index contributed by atoms with van der Waals surface area (Å²) in [5.41, 5.74) is 8.62. The van der Waals surface area contributed by atoms with Crippen LogP contribution in [-0.2, 0) is 36.8 Å². The summed E-state index contributed by atoms with van der Waals surface area (Å²) < 4.78 is 11.1. The lowest BCUT2D eigenvalue weighted by molar-refractivity contribution is -0.825. The van der Waals surface area contributed by atoms with E-state index in [2.05, 4.69) is 17.5 Å². The van der Waals surface area contributed by atoms with Crippen molar-refractivity contribution in [1.82, 2.24) is 10.2 Å². The number of allylic oxidation sites excluding steroid dienone is 2. The van der Waals surface area contributed by atoms with Crippen molar-refractivity contribution >= 4 is 23.9 Å². The van der Waals surface area contributed by atoms with Crippen molar-refractivity contribution in [2.75, 3.05) is 19.7 Å². The van der Waals surface area contributed by atoms with Gasteiger partial charge in [0.2, 0.25) is 0 Å². The summed E-state index contributed by atoms with van der Waals surface area (Å²) in [6.07, 6.45) is 9.18. The van der Waals surface area contributed by atoms with E-state index in [-0.39, 0.29) is 25.5 Å². The van der Waals surface area contributed by atoms with Crippen molar-refractivity contribution in [2.24, 2.45) is 5.73 Å². The number of fused-ring (bicyclic) bond motifs is 2. The summed E-state index contributed by atoms with van der Waals surface area (Å²) in [5.74, 6) is -1.19. The summed E-state index contributed by atoms with van der Waals surface area (Å²) in [4.78, 5) is 54.8. The Hall–Kier alpha value is -3.24. The number of amides is 3. The molecule has 5 unspecified atom stereocenters. The van der Waals surface area contributed by atoms with Crippen LogP contribution >= 0.6 is 0 Å². The van der Waals surface area contributed by atoms with Crippen LogP contribution in [-0.4, -0.2) is 72.7 Å². The first-order chi connectivity index (χ1) is 19.4. The second-order valence-corrected chi connectivity index (χ2v) is 10.9. The average molecular weight is 556 g/mol. The molecule has 4 N–H and O–H groups in total. The molecule has 1 fully saturated rings. The van der Waals surface area contributed by atoms with Crippen LogP contribution < -0.4 is 16.0 Å². The summed E-state index contributed by atoms with van der Waals surface area (Å²) in [7, 11) is 0. The zero-order valence-electron chi connectivity index (χ0n) is 23.4. The van der Waals surface area contributed by atoms with Gasteiger partial charge in [0.05, 0.1) is 13.0 Å². The number of carbonyl (C=O) groups excluding carboxylic acids is 4. The summed E-state index contributed by atoms with van der Waals surface area (Å²) in [5, 5.41) is 2.83. The Balaban J connectivity index is 1.48. The number of carbonyl (C=O) groups is 4. The summed E-state index contributed by atoms with van der Waals surface area (Å²) in [6.45, 7) is 3.09. The van der Waals surface area contributed by atoms with Crippen LogP contribution in [0.3, 0.4) is 0 Å². The molecule has 0 spiro atoms. The highest BCUT2D eigenvalue weighted by molar-refractivity contribution is 5.88. The van der Waals surface area contributed by atoms with E-state index in [0.29, 0.717) is 37.3 Å². The maximum atomic E-state index is 13.5. The third kappa shape index (κ3) is 7.69. The fourth-order valence-corrected chi connectivity index (χ4v) is 5.81. The largest absolute Gasteiger partial charge is 0.464 e. The minimum atomic E-state index is -0.829. The average Bonchev–Trinajstić information content (AvgIpc) is 3.38. The first-order valence-electron chi connectivity index (χ1n) is 14.7. The molecule has 3 aliphatic rings. The van der Waals surface area contributed by atoms with Gasteiger partial charge in [0.1, 0.15) is 18.6 Å². The van der Waals surface area contributed by atoms with Crippen molar-refractivity contribution in [3.05, 3.63) is 47.5 Å². The molecule has 218 valence electrons. The molecular weight excluding hydrogens is 512 g/mol. The van der Waals surface area contributed by atoms with E-state index in [9.17, 15) is 19.2 Å². The van der Waals surface area contributed by atoms with Crippen LogP contribution in [0, 0.1) is 0 Å². The normalized spacial score (nSPS) is 28.2. The van der Waals surface area contributed by atoms with Gasteiger partial charge in [-0.25, -0.2) is 14.4 Å². The SMILES string of the molecule is CCOC(=O)C1CCC=CCCCCCC(N)C(=O)[NH+]2CC(OC(=O)N3CCc4ccccc4C3)CC2C(=O)N1. The summed E-state index contributed by atoms with van der Waals surface area (Å²) in [6, 6.07) is 5.65. The smallest absolute Gasteiger partial charge is 0.410 e. The fraction of sp³-hybridized carbons (Fsp3) is 0.600. The zero-order valence-corrected chi connectivity index (χ0v) is 23.4. The number of ether oxygens (including phenoxy) is 2. The van der Waals surface area contributed by atoms with Crippen molar-refractivity contribution in [3.63, 3.8) is 0 Å². The highest BCUT2D eigenvalue weighted by atomic mass is 16.6. The first kappa shape index (κ1) is 29.7. The number of hydrogen-bond donors (Lipinski definition) is 3. The van der Waals surface area contributed by atoms with Crippen molar-refractivity contribution < 1.29 is 33.6 Å². The molecule has 4 rings (SSSR count). The Labute approximate surface area is 236 Å². The maximum absolute atomic E-state index is 13.5. The van der Waals surface area contributed by atoms with Crippen LogP contribution in [0.4, 0.5) is 4.79 Å². The van der Waals surface area contributed by atoms with Crippen molar-refractivity contribution in [1.29, 1.82) is 0 Å². The molecular formula is C30H43N4O6+. The quantitative estimate of drug-likeness (QED) is 0.380. The van der Waals surface area contributed by atoms with Gasteiger partial charge in [-0.15, -0.1) is 0 Å². The summed E-state index contributed by atoms with van der Waals surface area (Å²) >= 11 is 0. The molecule has 5 atom stereocenters. The molecule has 0 aromatic heterocycles. The highest BCUT2D eigenvalue weighted by Crippen LogP contribution is 2.20. The number of rotatable bonds is 3. The van der Waals surface area contributed by atoms with Crippen LogP contribution in [0.25, 0.3) is 0 Å². The lowest BCUT2D eigenvalue weighted by Gasteiger charge is -2.28. The lowest BCUT2D eigenvalue weighted by Crippen LogP contribution is -3.19. The number of hydrogen-bond acceptors (Lipinski definition) is 7. The topological polar surface area (TPSA) is 132 Å². The second kappa shape index (κ2) is 14.4. The second-order valence-electron chi connectivity index (χ2n) is 10.9. The Morgan fingerprint density at radius 2 is 1.85 bits per heavy atom. The molecule has 1 saturated heterocycles. The maximum Gasteiger partial charge on any atom is 0.410 e. The molecule has 3 aliphatic heterocycles. The molecule has 1 aromatic rings. The minimum absolute atomic E-state index is 0.160. The van der Waals surface area contributed by atoms with Crippen molar-refractivity contribution in [2.45, 2.75) is 95.5 Å². The van der Waals surface area contributed by atoms with Gasteiger partial charge < -0.3 is 25.4 Å². The van der Waals surface area contributed by atoms with Gasteiger partial charge in [-0.3, -0.25) is 9.69 Å². The van der Waals surface area contributed by atoms with Gasteiger partial charge in [-0.1, -0.05) is 49.3 Å². The molecule has 1 aromatic carbocycles. The number of nitrogens with two attached hydrogens (primary N) is 1. The third-order valence-corrected chi connectivity index (χ3v) is 8.06. The van der Waals surface area contributed by atoms with Gasteiger partial charge in [-0.05, 0) is 56.6 Å². The fourth-order valence-electron chi connectivity index (χ4n) is 5.81. The molecule has 40 heavy (non-hydrogen) atoms. The van der Waals surface area contributed by atoms with Gasteiger partial charge in [0.15, 0.2) is 12.1 Å². The van der Waals surface area contributed by atoms with E-state index in [0.717, 1.165) is 37.7 Å². The molecule has 0 radical (unpaired) electrons. The number of quaternary nitrogens is 1. The molecule has 10 nitrogen and oxygen atoms in total. The van der Waals surface area contributed by atoms with E-state index >= 15 is 0 Å². The highest BCUT2D eigenvalue weighted by Gasteiger charge is 2.48. The van der Waals surface area contributed by atoms with Gasteiger partial charge >= 0.3 is 18.0 Å². The number of esters is 1. The monoisotopic (exact) mass is 555 g/mol. The van der Waals surface area contributed by atoms with Gasteiger partial charge in [0.25, 0.3) is 5.91 Å². The molecule has 0 saturated carbocycles. The zero-order chi connectivity index (χ0) is 28.5. The minimum Gasteiger partial charge on any atom is -0.464 e. The first-order valence-corrected chi connectivity index (χ1v) is 14.7. The standard InChI is InChI=1S/C30H42N4O6/c1-2-39-29(37)25-15-9-7-5-3-4-6-8-14-24(31)28(36)34-20-23(18-26(34)27(35)32-25)40-30(38)33-17-16-21-12-10-11-13-22(21)19-33/h5,7,10-13,23-26H,2-4,6,8-9,14-20,31H2,1H3,(H,32,35)/p+1. The molecule has 0 aliphatic carbocycles. The van der Waals surface area contributed by atoms with E-state index in [1.54, 1.807) is 11.8 Å². The van der Waals surface area contributed by atoms with E-state index in [1.807, 2.05) is 24.3 Å². The molecule has 10 heteroatoms. The van der Waals surface area contributed by atoms with Crippen LogP contribution in [0.15, 0.2) is 36.4 Å². The van der Waals surface area contributed by atoms with E-state index in [1.165, 1.54) is 5.56 Å². The van der Waals surface area contributed by atoms with E-state index in [4.69, 9.17) is 15.2 Å². The third-order valence-electron chi connectivity index (χ3n) is 8.06. The van der Waals surface area contributed by atoms with Crippen LogP contribution in [0.2, 0.25) is 0 Å². The number of benzene rings is 1. The lowest BCUT2D eigenvalue weighted by atomic mass is 10.0. The number of nitrogens with zero attached hydrogens (tertiary/aromatic N) is 1. The molecule has 3 heterocycles. The van der Waals surface area contributed by atoms with Gasteiger partial charge in [-0.2, -0.15) is 0 Å². The van der Waals surface area contributed by atoms with Gasteiger partial charge in [0, 0.05) is 13.1 Å². The predicted octanol–water partition coefficient (Wildman–Crippen LogP) is 1.41. The Morgan fingerprint density at radius 3 is 2.65 bits per heavy atom. The Morgan fingerprint density at radius 1 is 1.07 bits per heavy atom.